The molecule has 0 aliphatic rings. The molecule has 2 aromatic carbocycles. The van der Waals surface area contributed by atoms with Gasteiger partial charge in [-0.05, 0) is 50.2 Å². The molecule has 6 nitrogen and oxygen atoms in total. The molecule has 1 atom stereocenters. The molecule has 0 bridgehead atoms. The van der Waals surface area contributed by atoms with Crippen LogP contribution in [0.15, 0.2) is 59.0 Å². The molecule has 0 fully saturated rings. The van der Waals surface area contributed by atoms with Gasteiger partial charge in [-0.25, -0.2) is 9.78 Å². The number of rotatable bonds is 8. The standard InChI is InChI=1S/C21H21NO5/c1-14-19(22-20(27-14)16-6-4-3-5-7-16)12-13-25-17-8-10-18(11-9-17)26-15(2)21(23)24/h3-11,15H,12-13H2,1-2H3,(H,23,24). The van der Waals surface area contributed by atoms with Crippen LogP contribution in [-0.2, 0) is 11.2 Å². The van der Waals surface area contributed by atoms with Gasteiger partial charge in [-0.15, -0.1) is 0 Å². The number of hydrogen-bond acceptors (Lipinski definition) is 5. The third kappa shape index (κ3) is 4.88. The Bertz CT molecular complexity index is 887. The Balaban J connectivity index is 1.54. The van der Waals surface area contributed by atoms with E-state index >= 15 is 0 Å². The van der Waals surface area contributed by atoms with Gasteiger partial charge in [-0.3, -0.25) is 0 Å². The van der Waals surface area contributed by atoms with Gasteiger partial charge in [0.25, 0.3) is 0 Å². The summed E-state index contributed by atoms with van der Waals surface area (Å²) >= 11 is 0. The predicted molar refractivity (Wildman–Crippen MR) is 100 cm³/mol. The van der Waals surface area contributed by atoms with E-state index in [1.165, 1.54) is 6.92 Å². The fraction of sp³-hybridized carbons (Fsp3) is 0.238. The topological polar surface area (TPSA) is 81.8 Å². The van der Waals surface area contributed by atoms with Crippen LogP contribution in [0.3, 0.4) is 0 Å². The van der Waals surface area contributed by atoms with Crippen LogP contribution in [0.25, 0.3) is 11.5 Å². The highest BCUT2D eigenvalue weighted by molar-refractivity contribution is 5.72. The van der Waals surface area contributed by atoms with Crippen molar-refractivity contribution in [1.29, 1.82) is 0 Å². The third-order valence-electron chi connectivity index (χ3n) is 4.01. The summed E-state index contributed by atoms with van der Waals surface area (Å²) in [6.07, 6.45) is -0.276. The van der Waals surface area contributed by atoms with E-state index in [0.29, 0.717) is 30.4 Å². The van der Waals surface area contributed by atoms with Crippen molar-refractivity contribution in [2.45, 2.75) is 26.4 Å². The summed E-state index contributed by atoms with van der Waals surface area (Å²) in [5.74, 6) is 1.54. The second-order valence-corrected chi connectivity index (χ2v) is 6.06. The molecule has 0 spiro atoms. The molecule has 1 aromatic heterocycles. The number of oxazole rings is 1. The highest BCUT2D eigenvalue weighted by atomic mass is 16.5. The molecule has 0 amide bonds. The Hall–Kier alpha value is -3.28. The number of aromatic nitrogens is 1. The number of aryl methyl sites for hydroxylation is 1. The summed E-state index contributed by atoms with van der Waals surface area (Å²) in [5.41, 5.74) is 1.81. The monoisotopic (exact) mass is 367 g/mol. The number of hydrogen-bond donors (Lipinski definition) is 1. The molecule has 6 heteroatoms. The molecule has 0 saturated carbocycles. The van der Waals surface area contributed by atoms with Gasteiger partial charge in [0, 0.05) is 12.0 Å². The first-order chi connectivity index (χ1) is 13.0. The van der Waals surface area contributed by atoms with Crippen LogP contribution in [0.4, 0.5) is 0 Å². The summed E-state index contributed by atoms with van der Waals surface area (Å²) in [6.45, 7) is 3.83. The largest absolute Gasteiger partial charge is 0.493 e. The van der Waals surface area contributed by atoms with Crippen LogP contribution < -0.4 is 9.47 Å². The zero-order valence-electron chi connectivity index (χ0n) is 15.2. The Morgan fingerprint density at radius 1 is 1.11 bits per heavy atom. The minimum absolute atomic E-state index is 0.452. The van der Waals surface area contributed by atoms with E-state index in [2.05, 4.69) is 4.98 Å². The fourth-order valence-electron chi connectivity index (χ4n) is 2.50. The summed E-state index contributed by atoms with van der Waals surface area (Å²) in [5, 5.41) is 8.86. The van der Waals surface area contributed by atoms with Crippen LogP contribution in [0, 0.1) is 6.92 Å². The molecule has 3 aromatic rings. The number of carbonyl (C=O) groups is 1. The molecule has 0 aliphatic heterocycles. The Kier molecular flexibility index (Phi) is 5.76. The first-order valence-electron chi connectivity index (χ1n) is 8.67. The molecule has 0 aliphatic carbocycles. The van der Waals surface area contributed by atoms with Crippen LogP contribution >= 0.6 is 0 Å². The molecule has 1 heterocycles. The third-order valence-corrected chi connectivity index (χ3v) is 4.01. The minimum Gasteiger partial charge on any atom is -0.493 e. The second kappa shape index (κ2) is 8.40. The van der Waals surface area contributed by atoms with Crippen molar-refractivity contribution in [2.75, 3.05) is 6.61 Å². The van der Waals surface area contributed by atoms with Crippen LogP contribution in [0.1, 0.15) is 18.4 Å². The Morgan fingerprint density at radius 2 is 1.78 bits per heavy atom. The van der Waals surface area contributed by atoms with E-state index in [0.717, 1.165) is 17.0 Å². The van der Waals surface area contributed by atoms with E-state index in [1.54, 1.807) is 24.3 Å². The second-order valence-electron chi connectivity index (χ2n) is 6.06. The smallest absolute Gasteiger partial charge is 0.344 e. The molecule has 1 N–H and O–H groups in total. The predicted octanol–water partition coefficient (Wildman–Crippen LogP) is 4.12. The highest BCUT2D eigenvalue weighted by Crippen LogP contribution is 2.22. The molecular formula is C21H21NO5. The lowest BCUT2D eigenvalue weighted by Crippen LogP contribution is -2.22. The first-order valence-corrected chi connectivity index (χ1v) is 8.67. The van der Waals surface area contributed by atoms with Gasteiger partial charge < -0.3 is 19.0 Å². The van der Waals surface area contributed by atoms with E-state index < -0.39 is 12.1 Å². The number of aliphatic carboxylic acids is 1. The van der Waals surface area contributed by atoms with Gasteiger partial charge >= 0.3 is 5.97 Å². The maximum atomic E-state index is 10.8. The number of ether oxygens (including phenoxy) is 2. The summed E-state index contributed by atoms with van der Waals surface area (Å²) in [7, 11) is 0. The van der Waals surface area contributed by atoms with E-state index in [9.17, 15) is 4.79 Å². The van der Waals surface area contributed by atoms with Crippen molar-refractivity contribution in [3.05, 3.63) is 66.1 Å². The SMILES string of the molecule is Cc1oc(-c2ccccc2)nc1CCOc1ccc(OC(C)C(=O)O)cc1. The van der Waals surface area contributed by atoms with Gasteiger partial charge in [0.15, 0.2) is 6.10 Å². The summed E-state index contributed by atoms with van der Waals surface area (Å²) < 4.78 is 16.8. The average molecular weight is 367 g/mol. The maximum absolute atomic E-state index is 10.8. The van der Waals surface area contributed by atoms with Crippen LogP contribution in [0.5, 0.6) is 11.5 Å². The van der Waals surface area contributed by atoms with Gasteiger partial charge in [-0.2, -0.15) is 0 Å². The highest BCUT2D eigenvalue weighted by Gasteiger charge is 2.13. The number of benzene rings is 2. The normalized spacial score (nSPS) is 11.8. The average Bonchev–Trinajstić information content (AvgIpc) is 3.04. The molecular weight excluding hydrogens is 346 g/mol. The molecule has 3 rings (SSSR count). The zero-order chi connectivity index (χ0) is 19.2. The van der Waals surface area contributed by atoms with Crippen LogP contribution in [-0.4, -0.2) is 28.8 Å². The molecule has 0 radical (unpaired) electrons. The molecule has 140 valence electrons. The molecule has 1 unspecified atom stereocenters. The van der Waals surface area contributed by atoms with Gasteiger partial charge in [-0.1, -0.05) is 18.2 Å². The van der Waals surface area contributed by atoms with Crippen molar-refractivity contribution in [2.24, 2.45) is 0 Å². The maximum Gasteiger partial charge on any atom is 0.344 e. The lowest BCUT2D eigenvalue weighted by molar-refractivity contribution is -0.144. The lowest BCUT2D eigenvalue weighted by Gasteiger charge is -2.11. The van der Waals surface area contributed by atoms with Crippen molar-refractivity contribution in [3.63, 3.8) is 0 Å². The molecule has 0 saturated heterocycles. The first kappa shape index (κ1) is 18.5. The minimum atomic E-state index is -1.01. The van der Waals surface area contributed by atoms with Crippen molar-refractivity contribution < 1.29 is 23.8 Å². The van der Waals surface area contributed by atoms with Crippen molar-refractivity contribution in [1.82, 2.24) is 4.98 Å². The Morgan fingerprint density at radius 3 is 2.44 bits per heavy atom. The van der Waals surface area contributed by atoms with Gasteiger partial charge in [0.05, 0.1) is 12.3 Å². The quantitative estimate of drug-likeness (QED) is 0.645. The number of carboxylic acid groups (broad SMARTS) is 1. The molecule has 27 heavy (non-hydrogen) atoms. The van der Waals surface area contributed by atoms with Crippen LogP contribution in [0.2, 0.25) is 0 Å². The van der Waals surface area contributed by atoms with Crippen molar-refractivity contribution in [3.8, 4) is 23.0 Å². The lowest BCUT2D eigenvalue weighted by atomic mass is 10.2. The number of carboxylic acids is 1. The van der Waals surface area contributed by atoms with Crippen molar-refractivity contribution >= 4 is 5.97 Å². The van der Waals surface area contributed by atoms with Gasteiger partial charge in [0.1, 0.15) is 17.3 Å². The summed E-state index contributed by atoms with van der Waals surface area (Å²) in [4.78, 5) is 15.4. The fourth-order valence-corrected chi connectivity index (χ4v) is 2.50. The number of nitrogens with zero attached hydrogens (tertiary/aromatic N) is 1. The summed E-state index contributed by atoms with van der Waals surface area (Å²) in [6, 6.07) is 16.6. The van der Waals surface area contributed by atoms with E-state index in [1.807, 2.05) is 37.3 Å². The zero-order valence-corrected chi connectivity index (χ0v) is 15.2. The Labute approximate surface area is 157 Å². The van der Waals surface area contributed by atoms with E-state index in [-0.39, 0.29) is 0 Å². The van der Waals surface area contributed by atoms with Gasteiger partial charge in [0.2, 0.25) is 5.89 Å². The van der Waals surface area contributed by atoms with E-state index in [4.69, 9.17) is 19.0 Å².